The van der Waals surface area contributed by atoms with Gasteiger partial charge in [-0.2, -0.15) is 0 Å². The van der Waals surface area contributed by atoms with Crippen LogP contribution in [0.1, 0.15) is 80.1 Å². The highest BCUT2D eigenvalue weighted by molar-refractivity contribution is 5.74. The van der Waals surface area contributed by atoms with Crippen LogP contribution in [0.25, 0.3) is 35.2 Å². The molecular weight excluding hydrogens is 550 g/mol. The Hall–Kier alpha value is -4.31. The first-order chi connectivity index (χ1) is 22.3. The van der Waals surface area contributed by atoms with Crippen molar-refractivity contribution in [3.05, 3.63) is 124 Å². The smallest absolute Gasteiger partial charge is 0.164 e. The number of benzene rings is 1. The van der Waals surface area contributed by atoms with E-state index in [1.807, 2.05) is 0 Å². The number of allylic oxidation sites excluding steroid dienone is 14. The van der Waals surface area contributed by atoms with Crippen LogP contribution in [0.2, 0.25) is 0 Å². The molecule has 1 aromatic carbocycles. The van der Waals surface area contributed by atoms with Crippen LogP contribution < -0.4 is 10.4 Å². The molecule has 2 aromatic rings. The summed E-state index contributed by atoms with van der Waals surface area (Å²) in [4.78, 5) is 15.9. The van der Waals surface area contributed by atoms with E-state index in [1.165, 1.54) is 27.1 Å². The molecule has 9 rings (SSSR count). The van der Waals surface area contributed by atoms with Gasteiger partial charge in [0.1, 0.15) is 17.7 Å². The Morgan fingerprint density at radius 1 is 0.733 bits per heavy atom. The van der Waals surface area contributed by atoms with E-state index in [4.69, 9.17) is 19.7 Å². The SMILES string of the molecule is C1=CC(c2nc(C3=CCC(C4=CCCC=C4)C=C3)nc(-c3cc4c(c5c3=CCCC=5)C=CCC4)n2)C2C(=C1)OC1C=CCCC12. The van der Waals surface area contributed by atoms with Gasteiger partial charge >= 0.3 is 0 Å². The minimum Gasteiger partial charge on any atom is -0.490 e. The van der Waals surface area contributed by atoms with Crippen LogP contribution in [-0.2, 0) is 11.2 Å². The lowest BCUT2D eigenvalue weighted by Crippen LogP contribution is -2.34. The van der Waals surface area contributed by atoms with Gasteiger partial charge in [-0.1, -0.05) is 79.0 Å². The highest BCUT2D eigenvalue weighted by Gasteiger charge is 2.46. The Bertz CT molecular complexity index is 1950. The van der Waals surface area contributed by atoms with Crippen molar-refractivity contribution in [1.82, 2.24) is 15.0 Å². The van der Waals surface area contributed by atoms with Gasteiger partial charge in [-0.3, -0.25) is 0 Å². The molecule has 224 valence electrons. The lowest BCUT2D eigenvalue weighted by Gasteiger charge is -2.28. The first-order valence-corrected chi connectivity index (χ1v) is 17.1. The lowest BCUT2D eigenvalue weighted by molar-refractivity contribution is 0.164. The number of fused-ring (bicyclic) bond motifs is 6. The molecule has 0 radical (unpaired) electrons. The average Bonchev–Trinajstić information content (AvgIpc) is 3.51. The van der Waals surface area contributed by atoms with E-state index in [-0.39, 0.29) is 17.9 Å². The first kappa shape index (κ1) is 27.0. The van der Waals surface area contributed by atoms with Gasteiger partial charge in [0.2, 0.25) is 0 Å². The van der Waals surface area contributed by atoms with Crippen molar-refractivity contribution >= 4 is 23.8 Å². The summed E-state index contributed by atoms with van der Waals surface area (Å²) in [5, 5.41) is 2.63. The molecule has 0 bridgehead atoms. The summed E-state index contributed by atoms with van der Waals surface area (Å²) in [5.41, 5.74) is 6.45. The van der Waals surface area contributed by atoms with Gasteiger partial charge in [0.05, 0.1) is 0 Å². The summed E-state index contributed by atoms with van der Waals surface area (Å²) in [6, 6.07) is 2.38. The minimum atomic E-state index is 0.0531. The molecule has 4 nitrogen and oxygen atoms in total. The van der Waals surface area contributed by atoms with Crippen molar-refractivity contribution in [2.24, 2.45) is 17.8 Å². The summed E-state index contributed by atoms with van der Waals surface area (Å²) < 4.78 is 6.49. The number of aryl methyl sites for hydroxylation is 1. The molecule has 0 N–H and O–H groups in total. The summed E-state index contributed by atoms with van der Waals surface area (Å²) >= 11 is 0. The van der Waals surface area contributed by atoms with Crippen molar-refractivity contribution in [2.75, 3.05) is 0 Å². The molecule has 1 saturated heterocycles. The summed E-state index contributed by atoms with van der Waals surface area (Å²) in [7, 11) is 0. The highest BCUT2D eigenvalue weighted by atomic mass is 16.5. The monoisotopic (exact) mass is 589 g/mol. The number of rotatable bonds is 4. The number of hydrogen-bond donors (Lipinski definition) is 0. The second-order valence-corrected chi connectivity index (χ2v) is 13.4. The number of aromatic nitrogens is 3. The highest BCUT2D eigenvalue weighted by Crippen LogP contribution is 2.49. The zero-order valence-corrected chi connectivity index (χ0v) is 25.7. The molecule has 4 heteroatoms. The predicted octanol–water partition coefficient (Wildman–Crippen LogP) is 7.61. The Kier molecular flexibility index (Phi) is 6.76. The second kappa shape index (κ2) is 11.2. The number of ether oxygens (including phenoxy) is 1. The fraction of sp³-hybridized carbons (Fsp3) is 0.341. The Labute approximate surface area is 265 Å². The quantitative estimate of drug-likeness (QED) is 0.345. The third-order valence-corrected chi connectivity index (χ3v) is 10.7. The molecule has 5 unspecified atom stereocenters. The molecule has 0 amide bonds. The third kappa shape index (κ3) is 4.77. The van der Waals surface area contributed by atoms with E-state index in [0.29, 0.717) is 11.8 Å². The molecule has 45 heavy (non-hydrogen) atoms. The zero-order valence-electron chi connectivity index (χ0n) is 25.7. The van der Waals surface area contributed by atoms with E-state index in [0.717, 1.165) is 92.2 Å². The summed E-state index contributed by atoms with van der Waals surface area (Å²) in [5.74, 6) is 4.69. The molecule has 1 aliphatic heterocycles. The Balaban J connectivity index is 1.18. The van der Waals surface area contributed by atoms with Crippen molar-refractivity contribution < 1.29 is 4.74 Å². The van der Waals surface area contributed by atoms with Crippen LogP contribution in [0.4, 0.5) is 0 Å². The van der Waals surface area contributed by atoms with Gasteiger partial charge in [0.15, 0.2) is 11.6 Å². The number of nitrogens with zero attached hydrogens (tertiary/aromatic N) is 3. The molecule has 0 spiro atoms. The Morgan fingerprint density at radius 2 is 1.62 bits per heavy atom. The molecule has 1 fully saturated rings. The molecule has 2 heterocycles. The van der Waals surface area contributed by atoms with Crippen LogP contribution in [0.5, 0.6) is 0 Å². The van der Waals surface area contributed by atoms with Crippen molar-refractivity contribution in [2.45, 2.75) is 69.8 Å². The van der Waals surface area contributed by atoms with Crippen molar-refractivity contribution in [1.29, 1.82) is 0 Å². The third-order valence-electron chi connectivity index (χ3n) is 10.7. The molecule has 5 atom stereocenters. The maximum absolute atomic E-state index is 6.49. The van der Waals surface area contributed by atoms with E-state index in [9.17, 15) is 0 Å². The molecule has 1 aromatic heterocycles. The van der Waals surface area contributed by atoms with E-state index in [1.54, 1.807) is 0 Å². The van der Waals surface area contributed by atoms with Gasteiger partial charge in [0.25, 0.3) is 0 Å². The van der Waals surface area contributed by atoms with Gasteiger partial charge < -0.3 is 4.74 Å². The fourth-order valence-corrected chi connectivity index (χ4v) is 8.46. The first-order valence-electron chi connectivity index (χ1n) is 17.1. The van der Waals surface area contributed by atoms with Crippen LogP contribution in [0, 0.1) is 17.8 Å². The van der Waals surface area contributed by atoms with Gasteiger partial charge in [-0.25, -0.2) is 15.0 Å². The van der Waals surface area contributed by atoms with Gasteiger partial charge in [0, 0.05) is 34.8 Å². The van der Waals surface area contributed by atoms with Crippen LogP contribution in [-0.4, -0.2) is 21.1 Å². The second-order valence-electron chi connectivity index (χ2n) is 13.4. The maximum Gasteiger partial charge on any atom is 0.164 e. The predicted molar refractivity (Wildman–Crippen MR) is 182 cm³/mol. The molecule has 0 saturated carbocycles. The summed E-state index contributed by atoms with van der Waals surface area (Å²) in [6.07, 6.45) is 44.4. The summed E-state index contributed by atoms with van der Waals surface area (Å²) in [6.45, 7) is 0. The average molecular weight is 590 g/mol. The van der Waals surface area contributed by atoms with E-state index >= 15 is 0 Å². The zero-order chi connectivity index (χ0) is 29.7. The largest absolute Gasteiger partial charge is 0.490 e. The molecule has 6 aliphatic carbocycles. The van der Waals surface area contributed by atoms with Gasteiger partial charge in [-0.15, -0.1) is 0 Å². The van der Waals surface area contributed by atoms with Crippen LogP contribution >= 0.6 is 0 Å². The molecule has 7 aliphatic rings. The Morgan fingerprint density at radius 3 is 2.51 bits per heavy atom. The van der Waals surface area contributed by atoms with E-state index in [2.05, 4.69) is 97.2 Å². The normalized spacial score (nSPS) is 28.8. The van der Waals surface area contributed by atoms with Crippen LogP contribution in [0.15, 0.2) is 90.3 Å². The standard InChI is InChI=1S/C41H39N3O/c1-2-11-26(12-3-1)27-21-23-28(24-22-27)39-42-40(34-18-10-20-37-38(34)33-17-8-9-19-36(33)45-37)44-41(43-39)35-25-29-13-4-5-14-30(29)31-15-6-7-16-32(31)35/h2,5,9-12,14-16,18-21,23-25,27,33-34,36,38H,1,3-4,6-8,13,17,22H2. The topological polar surface area (TPSA) is 47.9 Å². The van der Waals surface area contributed by atoms with E-state index < -0.39 is 0 Å². The maximum atomic E-state index is 6.49. The van der Waals surface area contributed by atoms with Crippen molar-refractivity contribution in [3.63, 3.8) is 0 Å². The van der Waals surface area contributed by atoms with Crippen LogP contribution in [0.3, 0.4) is 0 Å². The number of hydrogen-bond acceptors (Lipinski definition) is 4. The van der Waals surface area contributed by atoms with Crippen molar-refractivity contribution in [3.8, 4) is 11.4 Å². The fourth-order valence-electron chi connectivity index (χ4n) is 8.46. The lowest BCUT2D eigenvalue weighted by atomic mass is 9.74. The molecular formula is C41H39N3O. The minimum absolute atomic E-state index is 0.0531. The van der Waals surface area contributed by atoms with Gasteiger partial charge in [-0.05, 0) is 103 Å².